The third kappa shape index (κ3) is 2.87. The normalized spacial score (nSPS) is 11.5. The minimum absolute atomic E-state index is 0.0113. The van der Waals surface area contributed by atoms with Crippen molar-refractivity contribution in [3.63, 3.8) is 0 Å². The summed E-state index contributed by atoms with van der Waals surface area (Å²) in [5, 5.41) is 11.5. The van der Waals surface area contributed by atoms with Crippen molar-refractivity contribution in [3.8, 4) is 17.3 Å². The number of halogens is 4. The molecule has 9 heteroatoms. The van der Waals surface area contributed by atoms with Crippen molar-refractivity contribution < 1.29 is 9.52 Å². The minimum atomic E-state index is -0.541. The van der Waals surface area contributed by atoms with Crippen molar-refractivity contribution in [2.45, 2.75) is 0 Å². The van der Waals surface area contributed by atoms with E-state index in [0.29, 0.717) is 26.3 Å². The molecule has 0 saturated carbocycles. The molecule has 0 aliphatic heterocycles. The summed E-state index contributed by atoms with van der Waals surface area (Å²) in [6.07, 6.45) is 0. The Labute approximate surface area is 174 Å². The van der Waals surface area contributed by atoms with Crippen LogP contribution < -0.4 is 5.63 Å². The summed E-state index contributed by atoms with van der Waals surface area (Å²) in [5.74, 6) is -0.0301. The maximum atomic E-state index is 12.4. The lowest BCUT2D eigenvalue weighted by molar-refractivity contribution is 0.472. The van der Waals surface area contributed by atoms with Gasteiger partial charge in [0.25, 0.3) is 5.89 Å². The van der Waals surface area contributed by atoms with Crippen LogP contribution in [0.1, 0.15) is 0 Å². The first-order chi connectivity index (χ1) is 11.8. The average molecular weight is 594 g/mol. The molecule has 0 aliphatic carbocycles. The van der Waals surface area contributed by atoms with E-state index in [1.807, 2.05) is 6.07 Å². The van der Waals surface area contributed by atoms with E-state index >= 15 is 0 Å². The molecule has 0 atom stereocenters. The second-order valence-electron chi connectivity index (χ2n) is 5.25. The number of nitrogens with zero attached hydrogens (tertiary/aromatic N) is 1. The van der Waals surface area contributed by atoms with Crippen LogP contribution >= 0.6 is 63.7 Å². The summed E-state index contributed by atoms with van der Waals surface area (Å²) in [7, 11) is 0. The highest BCUT2D eigenvalue weighted by atomic mass is 79.9. The molecule has 0 radical (unpaired) electrons. The van der Waals surface area contributed by atoms with Crippen LogP contribution in [0, 0.1) is 0 Å². The third-order valence-corrected chi connectivity index (χ3v) is 5.81. The summed E-state index contributed by atoms with van der Waals surface area (Å²) >= 11 is 13.6. The van der Waals surface area contributed by atoms with Gasteiger partial charge in [0.05, 0.1) is 16.4 Å². The molecule has 5 nitrogen and oxygen atoms in total. The number of aromatic nitrogens is 2. The number of fused-ring (bicyclic) bond motifs is 2. The molecule has 4 aromatic rings. The van der Waals surface area contributed by atoms with Crippen molar-refractivity contribution >= 4 is 85.5 Å². The summed E-state index contributed by atoms with van der Waals surface area (Å²) in [6.45, 7) is 0. The summed E-state index contributed by atoms with van der Waals surface area (Å²) in [4.78, 5) is 19.8. The molecule has 0 amide bonds. The monoisotopic (exact) mass is 590 g/mol. The van der Waals surface area contributed by atoms with Crippen LogP contribution in [-0.4, -0.2) is 15.1 Å². The smallest absolute Gasteiger partial charge is 0.347 e. The van der Waals surface area contributed by atoms with Gasteiger partial charge in [0.2, 0.25) is 0 Å². The summed E-state index contributed by atoms with van der Waals surface area (Å²) in [6, 6.07) is 7.04. The van der Waals surface area contributed by atoms with Gasteiger partial charge < -0.3 is 14.5 Å². The van der Waals surface area contributed by atoms with Crippen molar-refractivity contribution in [3.05, 3.63) is 52.6 Å². The standard InChI is InChI=1S/C16H6Br4N2O3/c17-5-1-7-11(9(19)3-5)21-13(14(7)23)15-22-12-8(16(24)25-15)2-6(18)4-10(12)20/h1-4,21,23H. The Morgan fingerprint density at radius 3 is 2.32 bits per heavy atom. The SMILES string of the molecule is O=c1oc(-c2[nH]c3c(Br)cc(Br)cc3c2O)nc2c(Br)cc(Br)cc12. The van der Waals surface area contributed by atoms with Crippen molar-refractivity contribution in [1.29, 1.82) is 0 Å². The highest BCUT2D eigenvalue weighted by Crippen LogP contribution is 2.40. The molecule has 2 heterocycles. The van der Waals surface area contributed by atoms with Gasteiger partial charge >= 0.3 is 5.63 Å². The lowest BCUT2D eigenvalue weighted by Gasteiger charge is -2.03. The number of rotatable bonds is 1. The Balaban J connectivity index is 2.05. The maximum Gasteiger partial charge on any atom is 0.347 e. The second kappa shape index (κ2) is 6.22. The molecule has 4 rings (SSSR count). The van der Waals surface area contributed by atoms with Crippen LogP contribution in [0.4, 0.5) is 0 Å². The van der Waals surface area contributed by atoms with Gasteiger partial charge in [0.1, 0.15) is 5.69 Å². The number of hydrogen-bond acceptors (Lipinski definition) is 4. The molecule has 0 saturated heterocycles. The van der Waals surface area contributed by atoms with E-state index in [4.69, 9.17) is 4.42 Å². The zero-order valence-electron chi connectivity index (χ0n) is 12.0. The Hall–Kier alpha value is -1.16. The van der Waals surface area contributed by atoms with Crippen molar-refractivity contribution in [1.82, 2.24) is 9.97 Å². The van der Waals surface area contributed by atoms with Gasteiger partial charge in [-0.1, -0.05) is 31.9 Å². The van der Waals surface area contributed by atoms with Crippen LogP contribution in [0.15, 0.2) is 51.4 Å². The molecule has 2 aromatic heterocycles. The van der Waals surface area contributed by atoms with E-state index in [9.17, 15) is 9.90 Å². The van der Waals surface area contributed by atoms with Gasteiger partial charge in [-0.15, -0.1) is 0 Å². The highest BCUT2D eigenvalue weighted by Gasteiger charge is 2.20. The molecule has 126 valence electrons. The number of aromatic amines is 1. The van der Waals surface area contributed by atoms with E-state index in [0.717, 1.165) is 13.4 Å². The van der Waals surface area contributed by atoms with Gasteiger partial charge in [-0.25, -0.2) is 9.78 Å². The van der Waals surface area contributed by atoms with E-state index in [1.165, 1.54) is 0 Å². The zero-order chi connectivity index (χ0) is 17.9. The van der Waals surface area contributed by atoms with Crippen molar-refractivity contribution in [2.24, 2.45) is 0 Å². The van der Waals surface area contributed by atoms with Crippen LogP contribution in [0.25, 0.3) is 33.4 Å². The largest absolute Gasteiger partial charge is 0.505 e. The van der Waals surface area contributed by atoms with E-state index in [2.05, 4.69) is 73.7 Å². The quantitative estimate of drug-likeness (QED) is 0.280. The Bertz CT molecular complexity index is 1230. The first-order valence-corrected chi connectivity index (χ1v) is 10.0. The molecule has 0 unspecified atom stereocenters. The Morgan fingerprint density at radius 1 is 0.960 bits per heavy atom. The van der Waals surface area contributed by atoms with Crippen LogP contribution in [0.3, 0.4) is 0 Å². The Morgan fingerprint density at radius 2 is 1.60 bits per heavy atom. The topological polar surface area (TPSA) is 79.1 Å². The summed E-state index contributed by atoms with van der Waals surface area (Å²) < 4.78 is 8.27. The number of benzene rings is 2. The first kappa shape index (κ1) is 17.3. The number of aromatic hydroxyl groups is 1. The maximum absolute atomic E-state index is 12.4. The van der Waals surface area contributed by atoms with Gasteiger partial charge in [-0.2, -0.15) is 0 Å². The Kier molecular flexibility index (Phi) is 4.30. The molecule has 25 heavy (non-hydrogen) atoms. The molecule has 0 spiro atoms. The molecule has 0 fully saturated rings. The van der Waals surface area contributed by atoms with Gasteiger partial charge in [0, 0.05) is 23.3 Å². The van der Waals surface area contributed by atoms with E-state index < -0.39 is 5.63 Å². The van der Waals surface area contributed by atoms with E-state index in [-0.39, 0.29) is 17.3 Å². The first-order valence-electron chi connectivity index (χ1n) is 6.85. The predicted molar refractivity (Wildman–Crippen MR) is 110 cm³/mol. The zero-order valence-corrected chi connectivity index (χ0v) is 18.4. The fourth-order valence-electron chi connectivity index (χ4n) is 2.57. The van der Waals surface area contributed by atoms with Crippen LogP contribution in [-0.2, 0) is 0 Å². The number of H-pyrrole nitrogens is 1. The third-order valence-electron chi connectivity index (χ3n) is 3.66. The van der Waals surface area contributed by atoms with Gasteiger partial charge in [-0.05, 0) is 56.1 Å². The van der Waals surface area contributed by atoms with Crippen LogP contribution in [0.5, 0.6) is 5.75 Å². The molecular weight excluding hydrogens is 588 g/mol. The number of nitrogens with one attached hydrogen (secondary N) is 1. The lowest BCUT2D eigenvalue weighted by Crippen LogP contribution is -2.03. The molecule has 2 aromatic carbocycles. The van der Waals surface area contributed by atoms with E-state index in [1.54, 1.807) is 18.2 Å². The average Bonchev–Trinajstić information content (AvgIpc) is 2.86. The fourth-order valence-corrected chi connectivity index (χ4v) is 5.21. The molecule has 0 aliphatic rings. The van der Waals surface area contributed by atoms with Gasteiger partial charge in [0.15, 0.2) is 5.75 Å². The molecular formula is C16H6Br4N2O3. The second-order valence-corrected chi connectivity index (χ2v) is 8.79. The van der Waals surface area contributed by atoms with Gasteiger partial charge in [-0.3, -0.25) is 0 Å². The molecule has 0 bridgehead atoms. The molecule has 2 N–H and O–H groups in total. The summed E-state index contributed by atoms with van der Waals surface area (Å²) in [5.41, 5.74) is 0.825. The lowest BCUT2D eigenvalue weighted by atomic mass is 10.2. The fraction of sp³-hybridized carbons (Fsp3) is 0. The number of hydrogen-bond donors (Lipinski definition) is 2. The minimum Gasteiger partial charge on any atom is -0.505 e. The predicted octanol–water partition coefficient (Wildman–Crippen LogP) is 6.09. The van der Waals surface area contributed by atoms with Crippen LogP contribution in [0.2, 0.25) is 0 Å². The highest BCUT2D eigenvalue weighted by molar-refractivity contribution is 9.11. The van der Waals surface area contributed by atoms with Crippen molar-refractivity contribution in [2.75, 3.05) is 0 Å².